The molecule has 3 nitrogen and oxygen atoms in total. The summed E-state index contributed by atoms with van der Waals surface area (Å²) in [5.41, 5.74) is 2.41. The minimum Gasteiger partial charge on any atom is -0.313 e. The topological polar surface area (TPSA) is 29.9 Å². The summed E-state index contributed by atoms with van der Waals surface area (Å²) in [6, 6.07) is 0.823. The van der Waals surface area contributed by atoms with Gasteiger partial charge in [0.15, 0.2) is 0 Å². The molecule has 13 heavy (non-hydrogen) atoms. The molecule has 74 valence electrons. The Hall–Kier alpha value is -0.830. The van der Waals surface area contributed by atoms with Crippen LogP contribution in [0.15, 0.2) is 6.20 Å². The van der Waals surface area contributed by atoms with E-state index in [-0.39, 0.29) is 0 Å². The van der Waals surface area contributed by atoms with Gasteiger partial charge in [0, 0.05) is 23.8 Å². The van der Waals surface area contributed by atoms with Gasteiger partial charge in [-0.15, -0.1) is 0 Å². The number of aromatic nitrogens is 2. The summed E-state index contributed by atoms with van der Waals surface area (Å²) < 4.78 is 2.01. The summed E-state index contributed by atoms with van der Waals surface area (Å²) in [6.07, 6.45) is 2.13. The monoisotopic (exact) mass is 181 g/mol. The fourth-order valence-electron chi connectivity index (χ4n) is 1.34. The Labute approximate surface area is 80.1 Å². The van der Waals surface area contributed by atoms with Crippen molar-refractivity contribution in [2.45, 2.75) is 39.8 Å². The summed E-state index contributed by atoms with van der Waals surface area (Å²) >= 11 is 0. The van der Waals surface area contributed by atoms with Gasteiger partial charge in [0.2, 0.25) is 0 Å². The van der Waals surface area contributed by atoms with E-state index < -0.39 is 0 Å². The average molecular weight is 181 g/mol. The third-order valence-electron chi connectivity index (χ3n) is 2.38. The maximum absolute atomic E-state index is 4.46. The van der Waals surface area contributed by atoms with Crippen LogP contribution in [0.3, 0.4) is 0 Å². The highest BCUT2D eigenvalue weighted by Crippen LogP contribution is 2.17. The standard InChI is InChI=1S/C10H19N3/c1-7(2)13-6-10(8(3)11-5)9(4)12-13/h6-8,11H,1-5H3. The lowest BCUT2D eigenvalue weighted by Crippen LogP contribution is -2.12. The highest BCUT2D eigenvalue weighted by Gasteiger charge is 2.11. The number of hydrogen-bond acceptors (Lipinski definition) is 2. The summed E-state index contributed by atoms with van der Waals surface area (Å²) in [5, 5.41) is 7.68. The smallest absolute Gasteiger partial charge is 0.0641 e. The Balaban J connectivity index is 2.96. The van der Waals surface area contributed by atoms with Crippen LogP contribution in [-0.2, 0) is 0 Å². The summed E-state index contributed by atoms with van der Waals surface area (Å²) in [5.74, 6) is 0. The SMILES string of the molecule is CNC(C)c1cn(C(C)C)nc1C. The molecule has 0 spiro atoms. The highest BCUT2D eigenvalue weighted by atomic mass is 15.3. The predicted octanol–water partition coefficient (Wildman–Crippen LogP) is 2.05. The molecule has 0 aromatic carbocycles. The first kappa shape index (κ1) is 10.3. The molecule has 0 radical (unpaired) electrons. The molecule has 1 unspecified atom stereocenters. The number of nitrogens with one attached hydrogen (secondary N) is 1. The fourth-order valence-corrected chi connectivity index (χ4v) is 1.34. The number of hydrogen-bond donors (Lipinski definition) is 1. The number of rotatable bonds is 3. The molecule has 1 atom stereocenters. The Morgan fingerprint density at radius 1 is 1.38 bits per heavy atom. The summed E-state index contributed by atoms with van der Waals surface area (Å²) in [7, 11) is 1.97. The zero-order valence-corrected chi connectivity index (χ0v) is 9.13. The highest BCUT2D eigenvalue weighted by molar-refractivity contribution is 5.19. The average Bonchev–Trinajstić information content (AvgIpc) is 2.46. The molecule has 0 saturated heterocycles. The lowest BCUT2D eigenvalue weighted by molar-refractivity contribution is 0.528. The Bertz CT molecular complexity index is 276. The Morgan fingerprint density at radius 2 is 2.00 bits per heavy atom. The van der Waals surface area contributed by atoms with Crippen LogP contribution in [0.1, 0.15) is 44.1 Å². The van der Waals surface area contributed by atoms with Gasteiger partial charge in [-0.2, -0.15) is 5.10 Å². The van der Waals surface area contributed by atoms with E-state index in [2.05, 4.69) is 44.3 Å². The molecule has 0 saturated carbocycles. The predicted molar refractivity (Wildman–Crippen MR) is 54.8 cm³/mol. The minimum atomic E-state index is 0.382. The van der Waals surface area contributed by atoms with E-state index in [1.54, 1.807) is 0 Å². The van der Waals surface area contributed by atoms with Gasteiger partial charge in [-0.3, -0.25) is 4.68 Å². The molecular formula is C10H19N3. The van der Waals surface area contributed by atoms with Crippen molar-refractivity contribution in [3.8, 4) is 0 Å². The summed E-state index contributed by atoms with van der Waals surface area (Å²) in [6.45, 7) is 8.48. The van der Waals surface area contributed by atoms with Gasteiger partial charge >= 0.3 is 0 Å². The van der Waals surface area contributed by atoms with Gasteiger partial charge < -0.3 is 5.32 Å². The van der Waals surface area contributed by atoms with E-state index in [9.17, 15) is 0 Å². The second-order valence-electron chi connectivity index (χ2n) is 3.75. The molecule has 0 aliphatic heterocycles. The molecule has 0 aliphatic rings. The van der Waals surface area contributed by atoms with Gasteiger partial charge in [-0.05, 0) is 34.7 Å². The van der Waals surface area contributed by atoms with Gasteiger partial charge in [-0.25, -0.2) is 0 Å². The molecule has 1 aromatic heterocycles. The van der Waals surface area contributed by atoms with Crippen molar-refractivity contribution in [3.05, 3.63) is 17.5 Å². The van der Waals surface area contributed by atoms with E-state index in [0.29, 0.717) is 12.1 Å². The van der Waals surface area contributed by atoms with Crippen molar-refractivity contribution < 1.29 is 0 Å². The van der Waals surface area contributed by atoms with Crippen molar-refractivity contribution >= 4 is 0 Å². The molecular weight excluding hydrogens is 162 g/mol. The van der Waals surface area contributed by atoms with Gasteiger partial charge in [0.05, 0.1) is 5.69 Å². The maximum Gasteiger partial charge on any atom is 0.0641 e. The molecule has 0 amide bonds. The molecule has 1 aromatic rings. The molecule has 0 bridgehead atoms. The van der Waals surface area contributed by atoms with E-state index in [1.165, 1.54) is 5.56 Å². The van der Waals surface area contributed by atoms with Crippen LogP contribution >= 0.6 is 0 Å². The Kier molecular flexibility index (Phi) is 3.09. The third kappa shape index (κ3) is 2.10. The second-order valence-corrected chi connectivity index (χ2v) is 3.75. The minimum absolute atomic E-state index is 0.382. The van der Waals surface area contributed by atoms with Crippen LogP contribution in [0.25, 0.3) is 0 Å². The second kappa shape index (κ2) is 3.92. The van der Waals surface area contributed by atoms with Gasteiger partial charge in [0.25, 0.3) is 0 Å². The van der Waals surface area contributed by atoms with Crippen molar-refractivity contribution in [2.24, 2.45) is 0 Å². The van der Waals surface area contributed by atoms with Crippen molar-refractivity contribution in [2.75, 3.05) is 7.05 Å². The molecule has 3 heteroatoms. The van der Waals surface area contributed by atoms with Crippen LogP contribution in [0.4, 0.5) is 0 Å². The maximum atomic E-state index is 4.46. The number of aryl methyl sites for hydroxylation is 1. The lowest BCUT2D eigenvalue weighted by Gasteiger charge is -2.07. The third-order valence-corrected chi connectivity index (χ3v) is 2.38. The van der Waals surface area contributed by atoms with Crippen LogP contribution in [-0.4, -0.2) is 16.8 Å². The van der Waals surface area contributed by atoms with Crippen LogP contribution in [0.2, 0.25) is 0 Å². The van der Waals surface area contributed by atoms with Crippen molar-refractivity contribution in [3.63, 3.8) is 0 Å². The zero-order chi connectivity index (χ0) is 10.0. The quantitative estimate of drug-likeness (QED) is 0.773. The van der Waals surface area contributed by atoms with Crippen molar-refractivity contribution in [1.29, 1.82) is 0 Å². The van der Waals surface area contributed by atoms with E-state index in [4.69, 9.17) is 0 Å². The van der Waals surface area contributed by atoms with E-state index in [0.717, 1.165) is 5.69 Å². The van der Waals surface area contributed by atoms with Crippen LogP contribution < -0.4 is 5.32 Å². The first-order valence-corrected chi connectivity index (χ1v) is 4.79. The molecule has 1 rings (SSSR count). The molecule has 1 N–H and O–H groups in total. The van der Waals surface area contributed by atoms with Crippen LogP contribution in [0, 0.1) is 6.92 Å². The summed E-state index contributed by atoms with van der Waals surface area (Å²) in [4.78, 5) is 0. The molecule has 0 fully saturated rings. The zero-order valence-electron chi connectivity index (χ0n) is 9.13. The largest absolute Gasteiger partial charge is 0.313 e. The normalized spacial score (nSPS) is 13.7. The first-order chi connectivity index (χ1) is 6.06. The fraction of sp³-hybridized carbons (Fsp3) is 0.700. The van der Waals surface area contributed by atoms with Crippen molar-refractivity contribution in [1.82, 2.24) is 15.1 Å². The Morgan fingerprint density at radius 3 is 2.38 bits per heavy atom. The van der Waals surface area contributed by atoms with Crippen LogP contribution in [0.5, 0.6) is 0 Å². The molecule has 1 heterocycles. The molecule has 0 aliphatic carbocycles. The first-order valence-electron chi connectivity index (χ1n) is 4.79. The van der Waals surface area contributed by atoms with Gasteiger partial charge in [0.1, 0.15) is 0 Å². The van der Waals surface area contributed by atoms with E-state index in [1.807, 2.05) is 11.7 Å². The van der Waals surface area contributed by atoms with E-state index >= 15 is 0 Å². The lowest BCUT2D eigenvalue weighted by atomic mass is 10.1. The van der Waals surface area contributed by atoms with Gasteiger partial charge in [-0.1, -0.05) is 0 Å². The number of nitrogens with zero attached hydrogens (tertiary/aromatic N) is 2.